The Morgan fingerprint density at radius 2 is 2.22 bits per heavy atom. The third-order valence-electron chi connectivity index (χ3n) is 2.64. The number of aliphatic imine (C=N–C) groups is 1. The zero-order valence-corrected chi connectivity index (χ0v) is 9.46. The van der Waals surface area contributed by atoms with Gasteiger partial charge in [0.25, 0.3) is 5.82 Å². The van der Waals surface area contributed by atoms with Gasteiger partial charge in [-0.05, 0) is 19.3 Å². The van der Waals surface area contributed by atoms with Crippen LogP contribution in [0.15, 0.2) is 4.99 Å². The van der Waals surface area contributed by atoms with Crippen LogP contribution < -0.4 is 11.1 Å². The van der Waals surface area contributed by atoms with Gasteiger partial charge in [0, 0.05) is 6.04 Å². The minimum Gasteiger partial charge on any atom is -0.370 e. The van der Waals surface area contributed by atoms with E-state index in [1.807, 2.05) is 0 Å². The van der Waals surface area contributed by atoms with Gasteiger partial charge in [-0.1, -0.05) is 0 Å². The summed E-state index contributed by atoms with van der Waals surface area (Å²) in [6.07, 6.45) is -1.32. The minimum atomic E-state index is -4.55. The normalized spacial score (nSPS) is 17.6. The average molecular weight is 262 g/mol. The number of nitrogens with zero attached hydrogens (tertiary/aromatic N) is 3. The molecule has 0 aromatic carbocycles. The highest BCUT2D eigenvalue weighted by atomic mass is 19.4. The monoisotopic (exact) mass is 262 g/mol. The van der Waals surface area contributed by atoms with E-state index in [0.29, 0.717) is 6.04 Å². The van der Waals surface area contributed by atoms with Gasteiger partial charge in [0.05, 0.1) is 0 Å². The van der Waals surface area contributed by atoms with Crippen molar-refractivity contribution in [1.29, 1.82) is 0 Å². The molecule has 100 valence electrons. The maximum Gasteiger partial charge on any atom is 0.453 e. The van der Waals surface area contributed by atoms with E-state index < -0.39 is 12.0 Å². The quantitative estimate of drug-likeness (QED) is 0.554. The van der Waals surface area contributed by atoms with Crippen LogP contribution in [-0.4, -0.2) is 27.2 Å². The number of aromatic amines is 1. The van der Waals surface area contributed by atoms with Crippen molar-refractivity contribution in [2.75, 3.05) is 0 Å². The fraction of sp³-hybridized carbons (Fsp3) is 0.667. The van der Waals surface area contributed by atoms with E-state index >= 15 is 0 Å². The first-order valence-corrected chi connectivity index (χ1v) is 5.50. The van der Waals surface area contributed by atoms with Gasteiger partial charge in [0.15, 0.2) is 5.96 Å². The Bertz CT molecular complexity index is 434. The van der Waals surface area contributed by atoms with Crippen LogP contribution in [0.4, 0.5) is 13.2 Å². The second kappa shape index (κ2) is 4.83. The largest absolute Gasteiger partial charge is 0.453 e. The average Bonchev–Trinajstić information content (AvgIpc) is 2.68. The lowest BCUT2D eigenvalue weighted by atomic mass is 9.93. The Morgan fingerprint density at radius 3 is 2.72 bits per heavy atom. The Labute approximate surface area is 101 Å². The number of hydrogen-bond acceptors (Lipinski definition) is 3. The Balaban J connectivity index is 1.88. The molecule has 1 saturated carbocycles. The van der Waals surface area contributed by atoms with Crippen LogP contribution >= 0.6 is 0 Å². The molecule has 0 aliphatic heterocycles. The number of rotatable bonds is 3. The van der Waals surface area contributed by atoms with Crippen molar-refractivity contribution in [1.82, 2.24) is 20.5 Å². The lowest BCUT2D eigenvalue weighted by molar-refractivity contribution is -0.144. The van der Waals surface area contributed by atoms with E-state index in [2.05, 4.69) is 25.5 Å². The lowest BCUT2D eigenvalue weighted by Gasteiger charge is -2.26. The maximum absolute atomic E-state index is 12.2. The highest BCUT2D eigenvalue weighted by Gasteiger charge is 2.35. The molecule has 4 N–H and O–H groups in total. The van der Waals surface area contributed by atoms with E-state index in [1.165, 1.54) is 0 Å². The zero-order chi connectivity index (χ0) is 13.2. The molecule has 0 radical (unpaired) electrons. The van der Waals surface area contributed by atoms with Gasteiger partial charge in [-0.3, -0.25) is 5.10 Å². The van der Waals surface area contributed by atoms with E-state index in [-0.39, 0.29) is 18.3 Å². The summed E-state index contributed by atoms with van der Waals surface area (Å²) in [4.78, 5) is 7.18. The van der Waals surface area contributed by atoms with Crippen LogP contribution in [0.5, 0.6) is 0 Å². The number of H-pyrrole nitrogens is 1. The number of guanidine groups is 1. The van der Waals surface area contributed by atoms with Gasteiger partial charge in [-0.15, -0.1) is 5.10 Å². The molecule has 1 aromatic heterocycles. The number of halogens is 3. The van der Waals surface area contributed by atoms with Crippen LogP contribution in [0, 0.1) is 0 Å². The fourth-order valence-electron chi connectivity index (χ4n) is 1.46. The predicted octanol–water partition coefficient (Wildman–Crippen LogP) is 0.780. The molecule has 9 heteroatoms. The van der Waals surface area contributed by atoms with Crippen molar-refractivity contribution in [2.24, 2.45) is 10.7 Å². The van der Waals surface area contributed by atoms with Crippen molar-refractivity contribution in [3.05, 3.63) is 11.6 Å². The number of alkyl halides is 3. The van der Waals surface area contributed by atoms with E-state index in [4.69, 9.17) is 5.73 Å². The SMILES string of the molecule is NC(=NCc1nc(C(F)(F)F)n[nH]1)NC1CCC1. The van der Waals surface area contributed by atoms with Crippen molar-refractivity contribution < 1.29 is 13.2 Å². The van der Waals surface area contributed by atoms with Crippen LogP contribution in [0.2, 0.25) is 0 Å². The Morgan fingerprint density at radius 1 is 1.50 bits per heavy atom. The Kier molecular flexibility index (Phi) is 3.39. The number of aromatic nitrogens is 3. The molecular weight excluding hydrogens is 249 g/mol. The fourth-order valence-corrected chi connectivity index (χ4v) is 1.46. The van der Waals surface area contributed by atoms with Gasteiger partial charge in [-0.25, -0.2) is 9.98 Å². The molecule has 18 heavy (non-hydrogen) atoms. The van der Waals surface area contributed by atoms with Crippen LogP contribution in [0.1, 0.15) is 30.9 Å². The van der Waals surface area contributed by atoms with Crippen LogP contribution in [0.25, 0.3) is 0 Å². The first kappa shape index (κ1) is 12.7. The molecule has 0 spiro atoms. The first-order chi connectivity index (χ1) is 8.45. The third-order valence-corrected chi connectivity index (χ3v) is 2.64. The number of hydrogen-bond donors (Lipinski definition) is 3. The van der Waals surface area contributed by atoms with Gasteiger partial charge < -0.3 is 11.1 Å². The molecule has 0 unspecified atom stereocenters. The van der Waals surface area contributed by atoms with Gasteiger partial charge in [0.1, 0.15) is 12.4 Å². The molecule has 1 heterocycles. The second-order valence-electron chi connectivity index (χ2n) is 4.08. The summed E-state index contributed by atoms with van der Waals surface area (Å²) < 4.78 is 36.6. The number of nitrogens with two attached hydrogens (primary N) is 1. The Hall–Kier alpha value is -1.80. The van der Waals surface area contributed by atoms with Gasteiger partial charge in [-0.2, -0.15) is 13.2 Å². The summed E-state index contributed by atoms with van der Waals surface area (Å²) in [6, 6.07) is 0.328. The summed E-state index contributed by atoms with van der Waals surface area (Å²) >= 11 is 0. The van der Waals surface area contributed by atoms with Gasteiger partial charge >= 0.3 is 6.18 Å². The van der Waals surface area contributed by atoms with Crippen molar-refractivity contribution in [3.63, 3.8) is 0 Å². The molecule has 0 saturated heterocycles. The van der Waals surface area contributed by atoms with Gasteiger partial charge in [0.2, 0.25) is 0 Å². The smallest absolute Gasteiger partial charge is 0.370 e. The minimum absolute atomic E-state index is 0.0284. The van der Waals surface area contributed by atoms with E-state index in [1.54, 1.807) is 0 Å². The molecule has 1 fully saturated rings. The van der Waals surface area contributed by atoms with E-state index in [9.17, 15) is 13.2 Å². The zero-order valence-electron chi connectivity index (χ0n) is 9.46. The molecule has 1 aliphatic rings. The van der Waals surface area contributed by atoms with Crippen molar-refractivity contribution in [3.8, 4) is 0 Å². The molecule has 2 rings (SSSR count). The molecule has 0 amide bonds. The maximum atomic E-state index is 12.2. The number of nitrogens with one attached hydrogen (secondary N) is 2. The highest BCUT2D eigenvalue weighted by Crippen LogP contribution is 2.25. The second-order valence-corrected chi connectivity index (χ2v) is 4.08. The molecule has 1 aromatic rings. The predicted molar refractivity (Wildman–Crippen MR) is 57.5 cm³/mol. The standard InChI is InChI=1S/C9H13F3N6/c10-9(11,12)7-16-6(17-18-7)4-14-8(13)15-5-2-1-3-5/h5H,1-4H2,(H3,13,14,15)(H,16,17,18). The lowest BCUT2D eigenvalue weighted by Crippen LogP contribution is -2.43. The molecule has 0 bridgehead atoms. The molecular formula is C9H13F3N6. The molecule has 1 aliphatic carbocycles. The summed E-state index contributed by atoms with van der Waals surface area (Å²) in [5.74, 6) is -0.955. The first-order valence-electron chi connectivity index (χ1n) is 5.50. The summed E-state index contributed by atoms with van der Waals surface area (Å²) in [5.41, 5.74) is 5.58. The molecule has 6 nitrogen and oxygen atoms in total. The summed E-state index contributed by atoms with van der Waals surface area (Å²) in [6.45, 7) is -0.0609. The van der Waals surface area contributed by atoms with Crippen LogP contribution in [0.3, 0.4) is 0 Å². The summed E-state index contributed by atoms with van der Waals surface area (Å²) in [5, 5.41) is 8.21. The third kappa shape index (κ3) is 3.11. The van der Waals surface area contributed by atoms with Crippen LogP contribution in [-0.2, 0) is 12.7 Å². The van der Waals surface area contributed by atoms with E-state index in [0.717, 1.165) is 19.3 Å². The van der Waals surface area contributed by atoms with Crippen molar-refractivity contribution >= 4 is 5.96 Å². The molecule has 0 atom stereocenters. The summed E-state index contributed by atoms with van der Waals surface area (Å²) in [7, 11) is 0. The topological polar surface area (TPSA) is 92.0 Å². The van der Waals surface area contributed by atoms with Crippen molar-refractivity contribution in [2.45, 2.75) is 38.0 Å². The highest BCUT2D eigenvalue weighted by molar-refractivity contribution is 5.78.